The van der Waals surface area contributed by atoms with Crippen LogP contribution in [0.5, 0.6) is 5.75 Å². The van der Waals surface area contributed by atoms with Crippen LogP contribution in [0.4, 0.5) is 0 Å². The van der Waals surface area contributed by atoms with Gasteiger partial charge in [0.15, 0.2) is 0 Å². The molecule has 0 saturated heterocycles. The topological polar surface area (TPSA) is 26.3 Å². The van der Waals surface area contributed by atoms with Gasteiger partial charge < -0.3 is 4.74 Å². The number of carbonyl (C=O) groups excluding carboxylic acids is 1. The third kappa shape index (κ3) is 3.00. The molecule has 0 bridgehead atoms. The van der Waals surface area contributed by atoms with E-state index in [0.717, 1.165) is 25.2 Å². The first-order chi connectivity index (χ1) is 10.1. The molecule has 1 aromatic rings. The van der Waals surface area contributed by atoms with Gasteiger partial charge in [0.2, 0.25) is 0 Å². The Morgan fingerprint density at radius 2 is 2.05 bits per heavy atom. The minimum atomic E-state index is 0.181. The molecule has 114 valence electrons. The molecule has 2 aliphatic rings. The van der Waals surface area contributed by atoms with Crippen LogP contribution >= 0.6 is 0 Å². The lowest BCUT2D eigenvalue weighted by atomic mass is 9.66. The molecular weight excluding hydrogens is 260 g/mol. The Bertz CT molecular complexity index is 518. The number of para-hydroxylation sites is 1. The van der Waals surface area contributed by atoms with E-state index < -0.39 is 0 Å². The monoisotopic (exact) mass is 286 g/mol. The molecule has 0 spiro atoms. The first kappa shape index (κ1) is 14.6. The van der Waals surface area contributed by atoms with Crippen LogP contribution in [0.3, 0.4) is 0 Å². The smallest absolute Gasteiger partial charge is 0.137 e. The number of ketones is 1. The van der Waals surface area contributed by atoms with Gasteiger partial charge in [-0.25, -0.2) is 0 Å². The fraction of sp³-hybridized carbons (Fsp3) is 0.632. The van der Waals surface area contributed by atoms with Crippen LogP contribution in [0, 0.1) is 11.3 Å². The summed E-state index contributed by atoms with van der Waals surface area (Å²) in [7, 11) is 0. The molecule has 2 nitrogen and oxygen atoms in total. The Morgan fingerprint density at radius 3 is 2.86 bits per heavy atom. The Labute approximate surface area is 127 Å². The number of Topliss-reactive ketones (excluding diaryl/α,β-unsaturated/α-hetero) is 1. The molecule has 2 heteroatoms. The van der Waals surface area contributed by atoms with E-state index in [1.54, 1.807) is 0 Å². The van der Waals surface area contributed by atoms with Gasteiger partial charge in [-0.05, 0) is 42.2 Å². The van der Waals surface area contributed by atoms with Crippen molar-refractivity contribution >= 4 is 5.78 Å². The molecule has 1 aliphatic carbocycles. The molecule has 0 amide bonds. The molecule has 3 rings (SSSR count). The van der Waals surface area contributed by atoms with Crippen molar-refractivity contribution in [3.05, 3.63) is 29.8 Å². The average Bonchev–Trinajstić information content (AvgIpc) is 2.47. The number of ether oxygens (including phenoxy) is 1. The van der Waals surface area contributed by atoms with E-state index in [-0.39, 0.29) is 11.3 Å². The van der Waals surface area contributed by atoms with Gasteiger partial charge >= 0.3 is 0 Å². The summed E-state index contributed by atoms with van der Waals surface area (Å²) < 4.78 is 5.71. The molecule has 21 heavy (non-hydrogen) atoms. The van der Waals surface area contributed by atoms with Crippen LogP contribution in [0.25, 0.3) is 0 Å². The van der Waals surface area contributed by atoms with Crippen molar-refractivity contribution in [1.29, 1.82) is 0 Å². The van der Waals surface area contributed by atoms with Gasteiger partial charge in [-0.15, -0.1) is 0 Å². The van der Waals surface area contributed by atoms with Gasteiger partial charge in [-0.2, -0.15) is 0 Å². The minimum absolute atomic E-state index is 0.181. The summed E-state index contributed by atoms with van der Waals surface area (Å²) in [5, 5.41) is 0. The van der Waals surface area contributed by atoms with Gasteiger partial charge in [0.1, 0.15) is 11.5 Å². The van der Waals surface area contributed by atoms with Crippen molar-refractivity contribution in [3.63, 3.8) is 0 Å². The number of fused-ring (bicyclic) bond motifs is 1. The second kappa shape index (κ2) is 5.82. The molecule has 0 N–H and O–H groups in total. The molecule has 0 aromatic heterocycles. The third-order valence-corrected chi connectivity index (χ3v) is 5.43. The number of carbonyl (C=O) groups is 1. The molecule has 1 aromatic carbocycles. The number of benzene rings is 1. The van der Waals surface area contributed by atoms with Crippen molar-refractivity contribution < 1.29 is 9.53 Å². The second-order valence-corrected chi connectivity index (χ2v) is 7.33. The summed E-state index contributed by atoms with van der Waals surface area (Å²) in [4.78, 5) is 12.9. The van der Waals surface area contributed by atoms with E-state index >= 15 is 0 Å². The van der Waals surface area contributed by atoms with E-state index in [4.69, 9.17) is 4.74 Å². The van der Waals surface area contributed by atoms with E-state index in [9.17, 15) is 4.79 Å². The van der Waals surface area contributed by atoms with E-state index in [1.165, 1.54) is 24.8 Å². The Morgan fingerprint density at radius 1 is 1.24 bits per heavy atom. The molecule has 2 atom stereocenters. The highest BCUT2D eigenvalue weighted by atomic mass is 16.5. The molecule has 1 aliphatic heterocycles. The normalized spacial score (nSPS) is 27.5. The standard InChI is InChI=1S/C19H26O2/c1-19(2)11-6-5-8-16(19)17(20)13-14-10-12-21-18-9-4-3-7-15(14)18/h3-4,7,9,14,16H,5-6,8,10-13H2,1-2H3. The van der Waals surface area contributed by atoms with E-state index in [0.29, 0.717) is 18.1 Å². The van der Waals surface area contributed by atoms with Crippen molar-refractivity contribution in [2.45, 2.75) is 58.3 Å². The quantitative estimate of drug-likeness (QED) is 0.803. The van der Waals surface area contributed by atoms with Crippen molar-refractivity contribution in [3.8, 4) is 5.75 Å². The van der Waals surface area contributed by atoms with Crippen molar-refractivity contribution in [2.75, 3.05) is 6.61 Å². The first-order valence-corrected chi connectivity index (χ1v) is 8.32. The highest BCUT2D eigenvalue weighted by molar-refractivity contribution is 5.82. The lowest BCUT2D eigenvalue weighted by Crippen LogP contribution is -2.35. The highest BCUT2D eigenvalue weighted by Gasteiger charge is 2.38. The fourth-order valence-corrected chi connectivity index (χ4v) is 4.10. The maximum Gasteiger partial charge on any atom is 0.137 e. The van der Waals surface area contributed by atoms with Gasteiger partial charge in [-0.1, -0.05) is 44.9 Å². The van der Waals surface area contributed by atoms with Gasteiger partial charge in [0, 0.05) is 12.3 Å². The Hall–Kier alpha value is -1.31. The SMILES string of the molecule is CC1(C)CCCCC1C(=O)CC1CCOc2ccccc21. The summed E-state index contributed by atoms with van der Waals surface area (Å²) in [6.45, 7) is 5.28. The largest absolute Gasteiger partial charge is 0.493 e. The first-order valence-electron chi connectivity index (χ1n) is 8.32. The van der Waals surface area contributed by atoms with E-state index in [1.807, 2.05) is 12.1 Å². The third-order valence-electron chi connectivity index (χ3n) is 5.43. The summed E-state index contributed by atoms with van der Waals surface area (Å²) in [6.07, 6.45) is 6.41. The zero-order valence-corrected chi connectivity index (χ0v) is 13.2. The summed E-state index contributed by atoms with van der Waals surface area (Å²) >= 11 is 0. The summed E-state index contributed by atoms with van der Waals surface area (Å²) in [5.74, 6) is 2.05. The van der Waals surface area contributed by atoms with Crippen LogP contribution in [0.15, 0.2) is 24.3 Å². The molecule has 1 saturated carbocycles. The number of rotatable bonds is 3. The minimum Gasteiger partial charge on any atom is -0.493 e. The fourth-order valence-electron chi connectivity index (χ4n) is 4.10. The zero-order valence-electron chi connectivity index (χ0n) is 13.2. The van der Waals surface area contributed by atoms with Gasteiger partial charge in [0.05, 0.1) is 6.61 Å². The van der Waals surface area contributed by atoms with Crippen LogP contribution in [0.2, 0.25) is 0 Å². The lowest BCUT2D eigenvalue weighted by Gasteiger charge is -2.38. The molecular formula is C19H26O2. The number of hydrogen-bond donors (Lipinski definition) is 0. The van der Waals surface area contributed by atoms with Crippen LogP contribution in [-0.4, -0.2) is 12.4 Å². The number of hydrogen-bond acceptors (Lipinski definition) is 2. The molecule has 0 radical (unpaired) electrons. The maximum absolute atomic E-state index is 12.9. The molecule has 1 fully saturated rings. The average molecular weight is 286 g/mol. The van der Waals surface area contributed by atoms with Crippen LogP contribution < -0.4 is 4.74 Å². The predicted molar refractivity (Wildman–Crippen MR) is 84.7 cm³/mol. The van der Waals surface area contributed by atoms with Gasteiger partial charge in [-0.3, -0.25) is 4.79 Å². The van der Waals surface area contributed by atoms with Crippen molar-refractivity contribution in [1.82, 2.24) is 0 Å². The Balaban J connectivity index is 1.74. The Kier molecular flexibility index (Phi) is 4.05. The van der Waals surface area contributed by atoms with Crippen LogP contribution in [0.1, 0.15) is 63.9 Å². The van der Waals surface area contributed by atoms with Crippen molar-refractivity contribution in [2.24, 2.45) is 11.3 Å². The highest BCUT2D eigenvalue weighted by Crippen LogP contribution is 2.43. The maximum atomic E-state index is 12.9. The van der Waals surface area contributed by atoms with Gasteiger partial charge in [0.25, 0.3) is 0 Å². The lowest BCUT2D eigenvalue weighted by molar-refractivity contribution is -0.128. The van der Waals surface area contributed by atoms with Crippen LogP contribution in [-0.2, 0) is 4.79 Å². The predicted octanol–water partition coefficient (Wildman–Crippen LogP) is 4.73. The van der Waals surface area contributed by atoms with E-state index in [2.05, 4.69) is 26.0 Å². The summed E-state index contributed by atoms with van der Waals surface area (Å²) in [5.41, 5.74) is 1.41. The summed E-state index contributed by atoms with van der Waals surface area (Å²) in [6, 6.07) is 8.21. The zero-order chi connectivity index (χ0) is 14.9. The molecule has 2 unspecified atom stereocenters. The second-order valence-electron chi connectivity index (χ2n) is 7.33. The molecule has 1 heterocycles.